The SMILES string of the molecule is Fc1cc2ccc1cc2F. The van der Waals surface area contributed by atoms with Crippen LogP contribution >= 0.6 is 0 Å². The van der Waals surface area contributed by atoms with Crippen molar-refractivity contribution in [2.24, 2.45) is 0 Å². The fourth-order valence-corrected chi connectivity index (χ4v) is 1.01. The van der Waals surface area contributed by atoms with Gasteiger partial charge in [-0.2, -0.15) is 0 Å². The number of hydrogen-bond donors (Lipinski definition) is 0. The van der Waals surface area contributed by atoms with Gasteiger partial charge in [0.05, 0.1) is 0 Å². The van der Waals surface area contributed by atoms with Crippen LogP contribution in [0.1, 0.15) is 0 Å². The third kappa shape index (κ3) is 0.588. The van der Waals surface area contributed by atoms with Crippen molar-refractivity contribution in [3.8, 4) is 0 Å². The van der Waals surface area contributed by atoms with Crippen LogP contribution in [0.3, 0.4) is 0 Å². The summed E-state index contributed by atoms with van der Waals surface area (Å²) in [6.45, 7) is 0. The maximum Gasteiger partial charge on any atom is 0.131 e. The van der Waals surface area contributed by atoms with Crippen molar-refractivity contribution in [2.75, 3.05) is 0 Å². The second kappa shape index (κ2) is 1.66. The quantitative estimate of drug-likeness (QED) is 0.524. The average molecular weight is 138 g/mol. The summed E-state index contributed by atoms with van der Waals surface area (Å²) in [5.74, 6) is -0.696. The Hall–Kier alpha value is -1.18. The standard InChI is InChI=1S/C8H4F2/c9-7-4-6-2-1-5(7)3-8(6)10/h1-4H. The lowest BCUT2D eigenvalue weighted by molar-refractivity contribution is 0.617. The topological polar surface area (TPSA) is 0 Å². The average Bonchev–Trinajstić information content (AvgIpc) is 1.91. The predicted molar refractivity (Wildman–Crippen MR) is 35.1 cm³/mol. The number of benzene rings is 3. The van der Waals surface area contributed by atoms with Gasteiger partial charge in [-0.15, -0.1) is 0 Å². The second-order valence-electron chi connectivity index (χ2n) is 2.23. The Bertz CT molecular complexity index is 318. The summed E-state index contributed by atoms with van der Waals surface area (Å²) in [5.41, 5.74) is 0. The highest BCUT2D eigenvalue weighted by Gasteiger charge is 2.03. The lowest BCUT2D eigenvalue weighted by atomic mass is 10.1. The zero-order valence-corrected chi connectivity index (χ0v) is 5.07. The molecule has 0 aliphatic heterocycles. The van der Waals surface area contributed by atoms with Crippen LogP contribution in [0.4, 0.5) is 8.78 Å². The minimum Gasteiger partial charge on any atom is -0.206 e. The Morgan fingerprint density at radius 2 is 1.20 bits per heavy atom. The first kappa shape index (κ1) is 5.59. The molecule has 3 rings (SSSR count). The van der Waals surface area contributed by atoms with Crippen LogP contribution in [0, 0.1) is 11.6 Å². The molecule has 0 nitrogen and oxygen atoms in total. The largest absolute Gasteiger partial charge is 0.206 e. The monoisotopic (exact) mass is 138 g/mol. The molecule has 3 aromatic carbocycles. The van der Waals surface area contributed by atoms with E-state index in [1.807, 2.05) is 0 Å². The summed E-state index contributed by atoms with van der Waals surface area (Å²) in [4.78, 5) is 0. The smallest absolute Gasteiger partial charge is 0.131 e. The molecule has 2 heteroatoms. The van der Waals surface area contributed by atoms with Gasteiger partial charge < -0.3 is 0 Å². The first-order valence-electron chi connectivity index (χ1n) is 2.94. The minimum atomic E-state index is -0.348. The number of fused-ring (bicyclic) bond motifs is 3. The Morgan fingerprint density at radius 1 is 0.800 bits per heavy atom. The third-order valence-electron chi connectivity index (χ3n) is 1.56. The van der Waals surface area contributed by atoms with E-state index >= 15 is 0 Å². The van der Waals surface area contributed by atoms with Crippen LogP contribution in [-0.4, -0.2) is 0 Å². The lowest BCUT2D eigenvalue weighted by Gasteiger charge is -1.99. The van der Waals surface area contributed by atoms with Crippen molar-refractivity contribution < 1.29 is 8.78 Å². The van der Waals surface area contributed by atoms with Crippen molar-refractivity contribution in [3.05, 3.63) is 35.9 Å². The maximum atomic E-state index is 12.6. The molecule has 0 saturated carbocycles. The summed E-state index contributed by atoms with van der Waals surface area (Å²) in [6.07, 6.45) is 0. The molecule has 3 aromatic rings. The van der Waals surface area contributed by atoms with Gasteiger partial charge in [-0.1, -0.05) is 12.1 Å². The zero-order chi connectivity index (χ0) is 7.14. The van der Waals surface area contributed by atoms with Crippen LogP contribution in [0.25, 0.3) is 10.8 Å². The van der Waals surface area contributed by atoms with E-state index in [2.05, 4.69) is 0 Å². The highest BCUT2D eigenvalue weighted by atomic mass is 19.1. The molecular formula is C8H4F2. The Kier molecular flexibility index (Phi) is 0.926. The van der Waals surface area contributed by atoms with Crippen LogP contribution in [0.15, 0.2) is 24.3 Å². The van der Waals surface area contributed by atoms with E-state index in [-0.39, 0.29) is 11.6 Å². The van der Waals surface area contributed by atoms with Gasteiger partial charge in [0, 0.05) is 10.8 Å². The number of rotatable bonds is 0. The zero-order valence-electron chi connectivity index (χ0n) is 5.07. The number of hydrogen-bond acceptors (Lipinski definition) is 0. The molecule has 0 fully saturated rings. The highest BCUT2D eigenvalue weighted by molar-refractivity contribution is 5.70. The Balaban J connectivity index is 2.95. The van der Waals surface area contributed by atoms with E-state index in [0.717, 1.165) is 0 Å². The van der Waals surface area contributed by atoms with Crippen molar-refractivity contribution in [3.63, 3.8) is 0 Å². The molecule has 50 valence electrons. The third-order valence-corrected chi connectivity index (χ3v) is 1.56. The molecule has 0 aliphatic carbocycles. The van der Waals surface area contributed by atoms with Crippen molar-refractivity contribution in [1.82, 2.24) is 0 Å². The molecule has 0 spiro atoms. The molecule has 2 bridgehead atoms. The molecule has 0 unspecified atom stereocenters. The lowest BCUT2D eigenvalue weighted by Crippen LogP contribution is -1.84. The minimum absolute atomic E-state index is 0.326. The van der Waals surface area contributed by atoms with Gasteiger partial charge in [-0.3, -0.25) is 0 Å². The van der Waals surface area contributed by atoms with E-state index < -0.39 is 0 Å². The van der Waals surface area contributed by atoms with Gasteiger partial charge in [0.2, 0.25) is 0 Å². The molecule has 0 radical (unpaired) electrons. The van der Waals surface area contributed by atoms with Crippen molar-refractivity contribution in [2.45, 2.75) is 0 Å². The van der Waals surface area contributed by atoms with Gasteiger partial charge in [0.1, 0.15) is 11.6 Å². The van der Waals surface area contributed by atoms with Gasteiger partial charge in [0.25, 0.3) is 0 Å². The molecule has 0 saturated heterocycles. The van der Waals surface area contributed by atoms with Crippen LogP contribution in [0.5, 0.6) is 0 Å². The van der Waals surface area contributed by atoms with Crippen molar-refractivity contribution >= 4 is 10.8 Å². The summed E-state index contributed by atoms with van der Waals surface area (Å²) in [7, 11) is 0. The molecule has 0 atom stereocenters. The van der Waals surface area contributed by atoms with E-state index in [1.54, 1.807) is 12.1 Å². The first-order valence-corrected chi connectivity index (χ1v) is 2.94. The molecule has 0 heterocycles. The Morgan fingerprint density at radius 3 is 1.40 bits per heavy atom. The molecule has 0 N–H and O–H groups in total. The normalized spacial score (nSPS) is 11.0. The van der Waals surface area contributed by atoms with Gasteiger partial charge in [-0.25, -0.2) is 8.78 Å². The summed E-state index contributed by atoms with van der Waals surface area (Å²) in [6, 6.07) is 5.52. The van der Waals surface area contributed by atoms with Gasteiger partial charge in [0.15, 0.2) is 0 Å². The maximum absolute atomic E-state index is 12.6. The summed E-state index contributed by atoms with van der Waals surface area (Å²) < 4.78 is 25.2. The fourth-order valence-electron chi connectivity index (χ4n) is 1.01. The van der Waals surface area contributed by atoms with E-state index in [1.165, 1.54) is 12.1 Å². The highest BCUT2D eigenvalue weighted by Crippen LogP contribution is 2.19. The van der Waals surface area contributed by atoms with Gasteiger partial charge in [-0.05, 0) is 12.1 Å². The molecule has 0 amide bonds. The first-order chi connectivity index (χ1) is 4.77. The predicted octanol–water partition coefficient (Wildman–Crippen LogP) is 2.56. The van der Waals surface area contributed by atoms with E-state index in [4.69, 9.17) is 0 Å². The van der Waals surface area contributed by atoms with Crippen molar-refractivity contribution in [1.29, 1.82) is 0 Å². The Labute approximate surface area is 56.4 Å². The van der Waals surface area contributed by atoms with Crippen LogP contribution < -0.4 is 0 Å². The fraction of sp³-hybridized carbons (Fsp3) is 0. The van der Waals surface area contributed by atoms with Crippen LogP contribution in [0.2, 0.25) is 0 Å². The summed E-state index contributed by atoms with van der Waals surface area (Å²) in [5, 5.41) is 0.653. The molecule has 0 aromatic heterocycles. The second-order valence-corrected chi connectivity index (χ2v) is 2.23. The van der Waals surface area contributed by atoms with E-state index in [9.17, 15) is 8.78 Å². The summed E-state index contributed by atoms with van der Waals surface area (Å²) >= 11 is 0. The molecule has 10 heavy (non-hydrogen) atoms. The molecule has 0 aliphatic rings. The molecular weight excluding hydrogens is 134 g/mol. The van der Waals surface area contributed by atoms with Gasteiger partial charge >= 0.3 is 0 Å². The van der Waals surface area contributed by atoms with Crippen LogP contribution in [-0.2, 0) is 0 Å². The van der Waals surface area contributed by atoms with E-state index in [0.29, 0.717) is 10.8 Å². The number of halogens is 2.